The summed E-state index contributed by atoms with van der Waals surface area (Å²) in [5, 5.41) is 9.50. The number of hydrogen-bond acceptors (Lipinski definition) is 3. The summed E-state index contributed by atoms with van der Waals surface area (Å²) >= 11 is 0. The Hall–Kier alpha value is -1.06. The lowest BCUT2D eigenvalue weighted by Gasteiger charge is -2.39. The maximum absolute atomic E-state index is 9.50. The molecule has 1 unspecified atom stereocenters. The van der Waals surface area contributed by atoms with Gasteiger partial charge in [-0.3, -0.25) is 0 Å². The van der Waals surface area contributed by atoms with Crippen molar-refractivity contribution in [1.29, 1.82) is 0 Å². The zero-order valence-corrected chi connectivity index (χ0v) is 12.8. The summed E-state index contributed by atoms with van der Waals surface area (Å²) in [4.78, 5) is 2.50. The molecule has 1 aliphatic rings. The summed E-state index contributed by atoms with van der Waals surface area (Å²) in [5.41, 5.74) is 1.39. The van der Waals surface area contributed by atoms with E-state index in [0.29, 0.717) is 6.61 Å². The highest BCUT2D eigenvalue weighted by Crippen LogP contribution is 2.29. The topological polar surface area (TPSA) is 32.7 Å². The third-order valence-electron chi connectivity index (χ3n) is 4.35. The van der Waals surface area contributed by atoms with Gasteiger partial charge in [-0.1, -0.05) is 25.1 Å². The number of methoxy groups -OCH3 is 1. The quantitative estimate of drug-likeness (QED) is 0.868. The summed E-state index contributed by atoms with van der Waals surface area (Å²) in [7, 11) is 1.73. The molecule has 3 heteroatoms. The van der Waals surface area contributed by atoms with Crippen LogP contribution in [0.25, 0.3) is 0 Å². The van der Waals surface area contributed by atoms with Crippen molar-refractivity contribution in [2.45, 2.75) is 32.6 Å². The Labute approximate surface area is 122 Å². The molecule has 2 rings (SSSR count). The molecule has 20 heavy (non-hydrogen) atoms. The number of piperidine rings is 1. The molecule has 0 radical (unpaired) electrons. The fourth-order valence-electron chi connectivity index (χ4n) is 3.15. The minimum Gasteiger partial charge on any atom is -0.496 e. The number of likely N-dealkylation sites (tertiary alicyclic amines) is 1. The Morgan fingerprint density at radius 1 is 1.35 bits per heavy atom. The monoisotopic (exact) mass is 277 g/mol. The lowest BCUT2D eigenvalue weighted by molar-refractivity contribution is 0.0462. The van der Waals surface area contributed by atoms with Crippen LogP contribution in [0.5, 0.6) is 5.75 Å². The number of ether oxygens (including phenoxy) is 1. The summed E-state index contributed by atoms with van der Waals surface area (Å²) in [6.07, 6.45) is 4.54. The normalized spacial score (nSPS) is 23.8. The standard InChI is InChI=1S/C17H27NO2/c1-17(14-19)10-6-12-18(13-17)11-5-8-15-7-3-4-9-16(15)20-2/h3-4,7,9,19H,5-6,8,10-14H2,1-2H3. The van der Waals surface area contributed by atoms with Gasteiger partial charge in [0, 0.05) is 18.6 Å². The van der Waals surface area contributed by atoms with Gasteiger partial charge in [-0.05, 0) is 50.4 Å². The summed E-state index contributed by atoms with van der Waals surface area (Å²) in [6, 6.07) is 8.26. The van der Waals surface area contributed by atoms with Crippen LogP contribution >= 0.6 is 0 Å². The molecule has 0 bridgehead atoms. The van der Waals surface area contributed by atoms with Crippen LogP contribution in [0, 0.1) is 5.41 Å². The van der Waals surface area contributed by atoms with Crippen molar-refractivity contribution in [3.8, 4) is 5.75 Å². The fourth-order valence-corrected chi connectivity index (χ4v) is 3.15. The highest BCUT2D eigenvalue weighted by molar-refractivity contribution is 5.33. The van der Waals surface area contributed by atoms with Crippen LogP contribution in [0.1, 0.15) is 31.7 Å². The molecule has 0 aromatic heterocycles. The maximum Gasteiger partial charge on any atom is 0.122 e. The number of benzene rings is 1. The molecule has 112 valence electrons. The molecule has 0 amide bonds. The number of nitrogens with zero attached hydrogens (tertiary/aromatic N) is 1. The van der Waals surface area contributed by atoms with Crippen LogP contribution in [0.15, 0.2) is 24.3 Å². The lowest BCUT2D eigenvalue weighted by Crippen LogP contribution is -2.43. The highest BCUT2D eigenvalue weighted by Gasteiger charge is 2.29. The van der Waals surface area contributed by atoms with E-state index in [1.807, 2.05) is 12.1 Å². The summed E-state index contributed by atoms with van der Waals surface area (Å²) < 4.78 is 5.39. The molecule has 1 fully saturated rings. The second-order valence-corrected chi connectivity index (χ2v) is 6.26. The van der Waals surface area contributed by atoms with Crippen molar-refractivity contribution in [2.75, 3.05) is 33.4 Å². The van der Waals surface area contributed by atoms with Crippen LogP contribution in [-0.2, 0) is 6.42 Å². The molecule has 1 aliphatic heterocycles. The molecule has 1 N–H and O–H groups in total. The first kappa shape index (κ1) is 15.3. The third-order valence-corrected chi connectivity index (χ3v) is 4.35. The first-order valence-corrected chi connectivity index (χ1v) is 7.62. The Kier molecular flexibility index (Phi) is 5.44. The third kappa shape index (κ3) is 3.97. The number of aliphatic hydroxyl groups is 1. The van der Waals surface area contributed by atoms with Crippen molar-refractivity contribution in [3.63, 3.8) is 0 Å². The predicted octanol–water partition coefficient (Wildman–Crippen LogP) is 2.72. The fraction of sp³-hybridized carbons (Fsp3) is 0.647. The smallest absolute Gasteiger partial charge is 0.122 e. The van der Waals surface area contributed by atoms with E-state index in [4.69, 9.17) is 4.74 Å². The van der Waals surface area contributed by atoms with Gasteiger partial charge in [-0.25, -0.2) is 0 Å². The minimum atomic E-state index is 0.0999. The SMILES string of the molecule is COc1ccccc1CCCN1CCCC(C)(CO)C1. The van der Waals surface area contributed by atoms with Crippen LogP contribution in [0.4, 0.5) is 0 Å². The molecule has 0 aliphatic carbocycles. The first-order valence-electron chi connectivity index (χ1n) is 7.62. The van der Waals surface area contributed by atoms with E-state index in [9.17, 15) is 5.11 Å². The van der Waals surface area contributed by atoms with E-state index >= 15 is 0 Å². The summed E-state index contributed by atoms with van der Waals surface area (Å²) in [6.45, 7) is 5.79. The minimum absolute atomic E-state index is 0.0999. The number of para-hydroxylation sites is 1. The van der Waals surface area contributed by atoms with Gasteiger partial charge in [-0.2, -0.15) is 0 Å². The van der Waals surface area contributed by atoms with E-state index in [-0.39, 0.29) is 5.41 Å². The van der Waals surface area contributed by atoms with Crippen molar-refractivity contribution in [2.24, 2.45) is 5.41 Å². The number of hydrogen-bond donors (Lipinski definition) is 1. The Balaban J connectivity index is 1.81. The van der Waals surface area contributed by atoms with Crippen molar-refractivity contribution in [3.05, 3.63) is 29.8 Å². The molecule has 1 atom stereocenters. The average molecular weight is 277 g/mol. The molecule has 1 saturated heterocycles. The van der Waals surface area contributed by atoms with Gasteiger partial charge in [0.05, 0.1) is 7.11 Å². The van der Waals surface area contributed by atoms with E-state index in [2.05, 4.69) is 24.0 Å². The second-order valence-electron chi connectivity index (χ2n) is 6.26. The van der Waals surface area contributed by atoms with Gasteiger partial charge in [0.2, 0.25) is 0 Å². The van der Waals surface area contributed by atoms with Gasteiger partial charge in [0.25, 0.3) is 0 Å². The molecule has 1 aromatic rings. The molecular weight excluding hydrogens is 250 g/mol. The van der Waals surface area contributed by atoms with Gasteiger partial charge in [-0.15, -0.1) is 0 Å². The van der Waals surface area contributed by atoms with Crippen molar-refractivity contribution < 1.29 is 9.84 Å². The summed E-state index contributed by atoms with van der Waals surface area (Å²) in [5.74, 6) is 0.992. The average Bonchev–Trinajstić information content (AvgIpc) is 2.48. The van der Waals surface area contributed by atoms with Crippen LogP contribution in [0.2, 0.25) is 0 Å². The van der Waals surface area contributed by atoms with Crippen LogP contribution in [0.3, 0.4) is 0 Å². The lowest BCUT2D eigenvalue weighted by atomic mass is 9.83. The number of rotatable bonds is 6. The Bertz CT molecular complexity index is 421. The zero-order chi connectivity index (χ0) is 14.4. The second kappa shape index (κ2) is 7.09. The Morgan fingerprint density at radius 2 is 2.15 bits per heavy atom. The van der Waals surface area contributed by atoms with E-state index in [1.165, 1.54) is 18.5 Å². The van der Waals surface area contributed by atoms with Crippen molar-refractivity contribution >= 4 is 0 Å². The molecule has 0 saturated carbocycles. The van der Waals surface area contributed by atoms with Gasteiger partial charge >= 0.3 is 0 Å². The highest BCUT2D eigenvalue weighted by atomic mass is 16.5. The predicted molar refractivity (Wildman–Crippen MR) is 82.2 cm³/mol. The molecule has 0 spiro atoms. The molecular formula is C17H27NO2. The van der Waals surface area contributed by atoms with Gasteiger partial charge < -0.3 is 14.7 Å². The number of aliphatic hydroxyl groups excluding tert-OH is 1. The molecule has 3 nitrogen and oxygen atoms in total. The number of aryl methyl sites for hydroxylation is 1. The van der Waals surface area contributed by atoms with Crippen LogP contribution in [-0.4, -0.2) is 43.4 Å². The van der Waals surface area contributed by atoms with E-state index in [0.717, 1.165) is 38.1 Å². The molecule has 1 heterocycles. The van der Waals surface area contributed by atoms with Gasteiger partial charge in [0.15, 0.2) is 0 Å². The van der Waals surface area contributed by atoms with E-state index < -0.39 is 0 Å². The Morgan fingerprint density at radius 3 is 2.90 bits per heavy atom. The van der Waals surface area contributed by atoms with Crippen molar-refractivity contribution in [1.82, 2.24) is 4.90 Å². The molecule has 1 aromatic carbocycles. The zero-order valence-electron chi connectivity index (χ0n) is 12.8. The maximum atomic E-state index is 9.50. The van der Waals surface area contributed by atoms with E-state index in [1.54, 1.807) is 7.11 Å². The van der Waals surface area contributed by atoms with Crippen LogP contribution < -0.4 is 4.74 Å². The van der Waals surface area contributed by atoms with Gasteiger partial charge in [0.1, 0.15) is 5.75 Å². The largest absolute Gasteiger partial charge is 0.496 e. The first-order chi connectivity index (χ1) is 9.67.